The lowest BCUT2D eigenvalue weighted by atomic mass is 10.0. The highest BCUT2D eigenvalue weighted by molar-refractivity contribution is 5.90. The van der Waals surface area contributed by atoms with Crippen molar-refractivity contribution in [3.05, 3.63) is 84.4 Å². The van der Waals surface area contributed by atoms with Crippen molar-refractivity contribution in [2.75, 3.05) is 0 Å². The van der Waals surface area contributed by atoms with Crippen molar-refractivity contribution in [3.63, 3.8) is 0 Å². The van der Waals surface area contributed by atoms with Crippen LogP contribution < -0.4 is 0 Å². The van der Waals surface area contributed by atoms with Crippen molar-refractivity contribution in [1.29, 1.82) is 0 Å². The Kier molecular flexibility index (Phi) is 12.2. The SMILES string of the molecule is C=CCCCC[C@@H](C)O.CC1OC(O)C(OC(=O)c2ccccc2)C[C@H]1OC(=O)c1ccccc1. The number of carbonyl (C=O) groups excluding carboxylic acids is 2. The maximum atomic E-state index is 12.2. The molecule has 0 spiro atoms. The Hall–Kier alpha value is -3.00. The first kappa shape index (κ1) is 28.2. The van der Waals surface area contributed by atoms with Gasteiger partial charge in [-0.3, -0.25) is 0 Å². The van der Waals surface area contributed by atoms with Gasteiger partial charge in [0.2, 0.25) is 0 Å². The second-order valence-corrected chi connectivity index (χ2v) is 8.51. The molecule has 0 aromatic heterocycles. The summed E-state index contributed by atoms with van der Waals surface area (Å²) in [6.07, 6.45) is 2.86. The molecule has 1 aliphatic rings. The summed E-state index contributed by atoms with van der Waals surface area (Å²) >= 11 is 0. The smallest absolute Gasteiger partial charge is 0.338 e. The number of benzene rings is 2. The van der Waals surface area contributed by atoms with E-state index in [9.17, 15) is 14.7 Å². The zero-order chi connectivity index (χ0) is 25.6. The first-order chi connectivity index (χ1) is 16.8. The van der Waals surface area contributed by atoms with Gasteiger partial charge in [0, 0.05) is 6.42 Å². The number of esters is 2. The number of aliphatic hydroxyl groups is 2. The number of hydrogen-bond donors (Lipinski definition) is 2. The fraction of sp³-hybridized carbons (Fsp3) is 0.429. The lowest BCUT2D eigenvalue weighted by Gasteiger charge is -2.36. The Morgan fingerprint density at radius 3 is 2.00 bits per heavy atom. The van der Waals surface area contributed by atoms with Crippen LogP contribution in [0.2, 0.25) is 0 Å². The quantitative estimate of drug-likeness (QED) is 0.303. The molecule has 2 N–H and O–H groups in total. The van der Waals surface area contributed by atoms with Crippen molar-refractivity contribution in [3.8, 4) is 0 Å². The molecule has 1 aliphatic heterocycles. The molecule has 190 valence electrons. The molecule has 3 rings (SSSR count). The molecular formula is C28H36O7. The van der Waals surface area contributed by atoms with Crippen LogP contribution >= 0.6 is 0 Å². The Morgan fingerprint density at radius 2 is 1.51 bits per heavy atom. The van der Waals surface area contributed by atoms with Crippen LogP contribution in [0.1, 0.15) is 66.7 Å². The number of aliphatic hydroxyl groups excluding tert-OH is 2. The Labute approximate surface area is 207 Å². The summed E-state index contributed by atoms with van der Waals surface area (Å²) in [5.74, 6) is -1.06. The normalized spacial score (nSPS) is 22.2. The minimum atomic E-state index is -1.27. The van der Waals surface area contributed by atoms with E-state index in [0.29, 0.717) is 11.1 Å². The molecular weight excluding hydrogens is 448 g/mol. The standard InChI is InChI=1S/C20H20O6.C8H16O/c1-13-16(25-18(21)14-8-4-2-5-9-14)12-17(20(23)24-13)26-19(22)15-10-6-3-7-11-15;1-3-4-5-6-7-8(2)9/h2-11,13,16-17,20,23H,12H2,1H3;3,8-9H,1,4-7H2,2H3/t13?,16-,17?,20?;8-/m11/s1. The van der Waals surface area contributed by atoms with Crippen molar-refractivity contribution >= 4 is 11.9 Å². The van der Waals surface area contributed by atoms with Gasteiger partial charge in [0.05, 0.1) is 23.3 Å². The van der Waals surface area contributed by atoms with Crippen LogP contribution in [-0.4, -0.2) is 52.9 Å². The van der Waals surface area contributed by atoms with Crippen LogP contribution in [0.15, 0.2) is 73.3 Å². The maximum Gasteiger partial charge on any atom is 0.338 e. The zero-order valence-electron chi connectivity index (χ0n) is 20.4. The molecule has 2 aromatic carbocycles. The maximum absolute atomic E-state index is 12.2. The van der Waals surface area contributed by atoms with Crippen LogP contribution in [0.5, 0.6) is 0 Å². The Bertz CT molecular complexity index is 835. The van der Waals surface area contributed by atoms with E-state index in [1.807, 2.05) is 13.0 Å². The highest BCUT2D eigenvalue weighted by Gasteiger charge is 2.39. The first-order valence-corrected chi connectivity index (χ1v) is 12.0. The number of ether oxygens (including phenoxy) is 3. The average Bonchev–Trinajstić information content (AvgIpc) is 2.86. The molecule has 0 amide bonds. The molecule has 1 heterocycles. The van der Waals surface area contributed by atoms with Crippen LogP contribution in [0.25, 0.3) is 0 Å². The van der Waals surface area contributed by atoms with Gasteiger partial charge in [0.1, 0.15) is 6.10 Å². The van der Waals surface area contributed by atoms with Crippen LogP contribution in [0.3, 0.4) is 0 Å². The largest absolute Gasteiger partial charge is 0.456 e. The summed E-state index contributed by atoms with van der Waals surface area (Å²) in [5, 5.41) is 18.9. The minimum Gasteiger partial charge on any atom is -0.456 e. The molecule has 3 unspecified atom stereocenters. The molecule has 0 aliphatic carbocycles. The molecule has 7 heteroatoms. The van der Waals surface area contributed by atoms with Gasteiger partial charge in [-0.2, -0.15) is 0 Å². The summed E-state index contributed by atoms with van der Waals surface area (Å²) in [6.45, 7) is 7.14. The third-order valence-electron chi connectivity index (χ3n) is 5.48. The predicted molar refractivity (Wildman–Crippen MR) is 133 cm³/mol. The van der Waals surface area contributed by atoms with Crippen LogP contribution in [0, 0.1) is 0 Å². The fourth-order valence-electron chi connectivity index (χ4n) is 3.47. The molecule has 2 aromatic rings. The second-order valence-electron chi connectivity index (χ2n) is 8.51. The van der Waals surface area contributed by atoms with E-state index in [4.69, 9.17) is 19.3 Å². The molecule has 7 nitrogen and oxygen atoms in total. The van der Waals surface area contributed by atoms with Gasteiger partial charge in [-0.25, -0.2) is 9.59 Å². The van der Waals surface area contributed by atoms with Crippen LogP contribution in [0.4, 0.5) is 0 Å². The van der Waals surface area contributed by atoms with Gasteiger partial charge < -0.3 is 24.4 Å². The number of allylic oxidation sites excluding steroid dienone is 1. The van der Waals surface area contributed by atoms with Crippen molar-refractivity contribution in [1.82, 2.24) is 0 Å². The van der Waals surface area contributed by atoms with Crippen molar-refractivity contribution < 1.29 is 34.0 Å². The van der Waals surface area contributed by atoms with Crippen LogP contribution in [-0.2, 0) is 14.2 Å². The van der Waals surface area contributed by atoms with Crippen molar-refractivity contribution in [2.24, 2.45) is 0 Å². The summed E-state index contributed by atoms with van der Waals surface area (Å²) in [5.41, 5.74) is 0.791. The third-order valence-corrected chi connectivity index (χ3v) is 5.48. The monoisotopic (exact) mass is 484 g/mol. The Morgan fingerprint density at radius 1 is 1.00 bits per heavy atom. The van der Waals surface area contributed by atoms with E-state index in [1.165, 1.54) is 0 Å². The summed E-state index contributed by atoms with van der Waals surface area (Å²) in [4.78, 5) is 24.4. The summed E-state index contributed by atoms with van der Waals surface area (Å²) in [6, 6.07) is 17.1. The average molecular weight is 485 g/mol. The molecule has 0 saturated carbocycles. The number of unbranched alkanes of at least 4 members (excludes halogenated alkanes) is 2. The first-order valence-electron chi connectivity index (χ1n) is 12.0. The minimum absolute atomic E-state index is 0.130. The highest BCUT2D eigenvalue weighted by Crippen LogP contribution is 2.25. The Balaban J connectivity index is 0.000000410. The van der Waals surface area contributed by atoms with Gasteiger partial charge >= 0.3 is 11.9 Å². The molecule has 1 saturated heterocycles. The molecule has 0 bridgehead atoms. The van der Waals surface area contributed by atoms with E-state index in [0.717, 1.165) is 25.7 Å². The zero-order valence-corrected chi connectivity index (χ0v) is 20.4. The number of hydrogen-bond acceptors (Lipinski definition) is 7. The van der Waals surface area contributed by atoms with Gasteiger partial charge in [-0.15, -0.1) is 6.58 Å². The van der Waals surface area contributed by atoms with Gasteiger partial charge in [-0.05, 0) is 57.4 Å². The summed E-state index contributed by atoms with van der Waals surface area (Å²) in [7, 11) is 0. The highest BCUT2D eigenvalue weighted by atomic mass is 16.7. The lowest BCUT2D eigenvalue weighted by molar-refractivity contribution is -0.240. The van der Waals surface area contributed by atoms with E-state index < -0.39 is 36.5 Å². The van der Waals surface area contributed by atoms with E-state index in [2.05, 4.69) is 6.58 Å². The fourth-order valence-corrected chi connectivity index (χ4v) is 3.47. The lowest BCUT2D eigenvalue weighted by Crippen LogP contribution is -2.49. The van der Waals surface area contributed by atoms with Gasteiger partial charge in [0.15, 0.2) is 12.4 Å². The van der Waals surface area contributed by atoms with Crippen molar-refractivity contribution in [2.45, 2.75) is 76.7 Å². The topological polar surface area (TPSA) is 102 Å². The molecule has 1 fully saturated rings. The second kappa shape index (κ2) is 15.1. The number of carbonyl (C=O) groups is 2. The molecule has 0 radical (unpaired) electrons. The van der Waals surface area contributed by atoms with E-state index in [1.54, 1.807) is 67.6 Å². The molecule has 35 heavy (non-hydrogen) atoms. The molecule has 5 atom stereocenters. The number of rotatable bonds is 9. The van der Waals surface area contributed by atoms with E-state index in [-0.39, 0.29) is 12.5 Å². The summed E-state index contributed by atoms with van der Waals surface area (Å²) < 4.78 is 16.2. The van der Waals surface area contributed by atoms with E-state index >= 15 is 0 Å². The van der Waals surface area contributed by atoms with Gasteiger partial charge in [0.25, 0.3) is 0 Å². The predicted octanol–water partition coefficient (Wildman–Crippen LogP) is 4.68. The van der Waals surface area contributed by atoms with Gasteiger partial charge in [-0.1, -0.05) is 48.9 Å². The third kappa shape index (κ3) is 10.0.